The minimum atomic E-state index is -0.513. The summed E-state index contributed by atoms with van der Waals surface area (Å²) in [6, 6.07) is 7.95. The predicted octanol–water partition coefficient (Wildman–Crippen LogP) is 2.03. The van der Waals surface area contributed by atoms with E-state index in [-0.39, 0.29) is 19.0 Å². The van der Waals surface area contributed by atoms with Gasteiger partial charge in [0.2, 0.25) is 0 Å². The highest BCUT2D eigenvalue weighted by atomic mass is 16.6. The molecule has 1 rings (SSSR count). The van der Waals surface area contributed by atoms with Crippen LogP contribution in [-0.4, -0.2) is 25.2 Å². The Hall–Kier alpha value is -1.84. The molecule has 0 saturated heterocycles. The third-order valence-electron chi connectivity index (χ3n) is 2.36. The van der Waals surface area contributed by atoms with Crippen molar-refractivity contribution in [3.8, 4) is 0 Å². The molecule has 98 valence electrons. The molecule has 0 aromatic heterocycles. The van der Waals surface area contributed by atoms with Gasteiger partial charge in [-0.15, -0.1) is 0 Å². The molecule has 0 amide bonds. The van der Waals surface area contributed by atoms with Gasteiger partial charge in [0.15, 0.2) is 6.61 Å². The molecule has 18 heavy (non-hydrogen) atoms. The summed E-state index contributed by atoms with van der Waals surface area (Å²) in [5.41, 5.74) is 2.25. The fraction of sp³-hybridized carbons (Fsp3) is 0.429. The molecular formula is C14H18O4. The standard InChI is InChI=1S/C14H18O4/c1-3-17-14(16)10-18-13(15)8-7-12-6-4-5-11(2)9-12/h4-6,9H,3,7-8,10H2,1-2H3. The molecule has 4 nitrogen and oxygen atoms in total. The van der Waals surface area contributed by atoms with Crippen LogP contribution in [0.1, 0.15) is 24.5 Å². The molecule has 1 aromatic carbocycles. The molecule has 0 heterocycles. The summed E-state index contributed by atoms with van der Waals surface area (Å²) in [5, 5.41) is 0. The fourth-order valence-electron chi connectivity index (χ4n) is 1.53. The van der Waals surface area contributed by atoms with Crippen molar-refractivity contribution < 1.29 is 19.1 Å². The van der Waals surface area contributed by atoms with Crippen molar-refractivity contribution in [3.05, 3.63) is 35.4 Å². The Labute approximate surface area is 107 Å². The van der Waals surface area contributed by atoms with Crippen molar-refractivity contribution >= 4 is 11.9 Å². The average molecular weight is 250 g/mol. The summed E-state index contributed by atoms with van der Waals surface area (Å²) in [6.45, 7) is 3.69. The van der Waals surface area contributed by atoms with Gasteiger partial charge in [0, 0.05) is 6.42 Å². The van der Waals surface area contributed by atoms with Crippen LogP contribution in [0.15, 0.2) is 24.3 Å². The highest BCUT2D eigenvalue weighted by Crippen LogP contribution is 2.07. The van der Waals surface area contributed by atoms with E-state index in [9.17, 15) is 9.59 Å². The van der Waals surface area contributed by atoms with Crippen LogP contribution in [-0.2, 0) is 25.5 Å². The topological polar surface area (TPSA) is 52.6 Å². The van der Waals surface area contributed by atoms with Crippen LogP contribution in [0.2, 0.25) is 0 Å². The molecule has 0 saturated carbocycles. The number of carbonyl (C=O) groups is 2. The van der Waals surface area contributed by atoms with Crippen LogP contribution >= 0.6 is 0 Å². The van der Waals surface area contributed by atoms with E-state index in [0.717, 1.165) is 11.1 Å². The van der Waals surface area contributed by atoms with Crippen molar-refractivity contribution in [3.63, 3.8) is 0 Å². The molecule has 0 radical (unpaired) electrons. The van der Waals surface area contributed by atoms with Crippen molar-refractivity contribution in [2.45, 2.75) is 26.7 Å². The van der Waals surface area contributed by atoms with Gasteiger partial charge in [-0.2, -0.15) is 0 Å². The molecule has 0 unspecified atom stereocenters. The Balaban J connectivity index is 2.27. The molecule has 0 spiro atoms. The first-order valence-electron chi connectivity index (χ1n) is 5.98. The maximum absolute atomic E-state index is 11.4. The first-order valence-corrected chi connectivity index (χ1v) is 5.98. The molecule has 0 aliphatic rings. The first kappa shape index (κ1) is 14.2. The van der Waals surface area contributed by atoms with Crippen molar-refractivity contribution in [1.82, 2.24) is 0 Å². The lowest BCUT2D eigenvalue weighted by atomic mass is 10.1. The number of hydrogen-bond donors (Lipinski definition) is 0. The molecular weight excluding hydrogens is 232 g/mol. The van der Waals surface area contributed by atoms with E-state index in [1.807, 2.05) is 31.2 Å². The number of aryl methyl sites for hydroxylation is 2. The SMILES string of the molecule is CCOC(=O)COC(=O)CCc1cccc(C)c1. The first-order chi connectivity index (χ1) is 8.61. The summed E-state index contributed by atoms with van der Waals surface area (Å²) < 4.78 is 9.45. The lowest BCUT2D eigenvalue weighted by Gasteiger charge is -2.05. The number of ether oxygens (including phenoxy) is 2. The summed E-state index contributed by atoms with van der Waals surface area (Å²) in [7, 11) is 0. The van der Waals surface area contributed by atoms with E-state index < -0.39 is 5.97 Å². The lowest BCUT2D eigenvalue weighted by Crippen LogP contribution is -2.16. The van der Waals surface area contributed by atoms with Gasteiger partial charge in [-0.25, -0.2) is 4.79 Å². The summed E-state index contributed by atoms with van der Waals surface area (Å²) >= 11 is 0. The third kappa shape index (κ3) is 5.48. The number of carbonyl (C=O) groups excluding carboxylic acids is 2. The quantitative estimate of drug-likeness (QED) is 0.725. The zero-order valence-corrected chi connectivity index (χ0v) is 10.8. The Bertz CT molecular complexity index is 412. The Kier molecular flexibility index (Phi) is 5.91. The van der Waals surface area contributed by atoms with Crippen LogP contribution in [0.4, 0.5) is 0 Å². The van der Waals surface area contributed by atoms with Crippen molar-refractivity contribution in [1.29, 1.82) is 0 Å². The van der Waals surface area contributed by atoms with Gasteiger partial charge in [0.05, 0.1) is 6.61 Å². The molecule has 0 fully saturated rings. The second-order valence-corrected chi connectivity index (χ2v) is 3.95. The van der Waals surface area contributed by atoms with E-state index in [1.165, 1.54) is 0 Å². The van der Waals surface area contributed by atoms with Gasteiger partial charge < -0.3 is 9.47 Å². The van der Waals surface area contributed by atoms with Gasteiger partial charge in [-0.05, 0) is 25.8 Å². The Morgan fingerprint density at radius 1 is 1.17 bits per heavy atom. The van der Waals surface area contributed by atoms with E-state index in [2.05, 4.69) is 4.74 Å². The highest BCUT2D eigenvalue weighted by molar-refractivity contribution is 5.76. The van der Waals surface area contributed by atoms with Crippen LogP contribution in [0.3, 0.4) is 0 Å². The fourth-order valence-corrected chi connectivity index (χ4v) is 1.53. The number of benzene rings is 1. The molecule has 0 atom stereocenters. The predicted molar refractivity (Wildman–Crippen MR) is 67.1 cm³/mol. The van der Waals surface area contributed by atoms with Crippen LogP contribution < -0.4 is 0 Å². The van der Waals surface area contributed by atoms with E-state index in [4.69, 9.17) is 4.74 Å². The zero-order chi connectivity index (χ0) is 13.4. The average Bonchev–Trinajstić information content (AvgIpc) is 2.34. The second-order valence-electron chi connectivity index (χ2n) is 3.95. The minimum absolute atomic E-state index is 0.267. The number of rotatable bonds is 6. The summed E-state index contributed by atoms with van der Waals surface area (Å²) in [5.74, 6) is -0.897. The van der Waals surface area contributed by atoms with Gasteiger partial charge in [0.25, 0.3) is 0 Å². The van der Waals surface area contributed by atoms with Crippen molar-refractivity contribution in [2.24, 2.45) is 0 Å². The summed E-state index contributed by atoms with van der Waals surface area (Å²) in [4.78, 5) is 22.3. The van der Waals surface area contributed by atoms with Crippen LogP contribution in [0.25, 0.3) is 0 Å². The molecule has 4 heteroatoms. The highest BCUT2D eigenvalue weighted by Gasteiger charge is 2.08. The third-order valence-corrected chi connectivity index (χ3v) is 2.36. The Morgan fingerprint density at radius 2 is 1.94 bits per heavy atom. The maximum atomic E-state index is 11.4. The minimum Gasteiger partial charge on any atom is -0.463 e. The molecule has 0 aliphatic carbocycles. The summed E-state index contributed by atoms with van der Waals surface area (Å²) in [6.07, 6.45) is 0.881. The van der Waals surface area contributed by atoms with Gasteiger partial charge >= 0.3 is 11.9 Å². The molecule has 0 N–H and O–H groups in total. The molecule has 0 bridgehead atoms. The van der Waals surface area contributed by atoms with Crippen molar-refractivity contribution in [2.75, 3.05) is 13.2 Å². The monoisotopic (exact) mass is 250 g/mol. The smallest absolute Gasteiger partial charge is 0.344 e. The van der Waals surface area contributed by atoms with E-state index in [0.29, 0.717) is 13.0 Å². The van der Waals surface area contributed by atoms with E-state index in [1.54, 1.807) is 6.92 Å². The van der Waals surface area contributed by atoms with Gasteiger partial charge in [-0.3, -0.25) is 4.79 Å². The number of esters is 2. The second kappa shape index (κ2) is 7.48. The largest absolute Gasteiger partial charge is 0.463 e. The van der Waals surface area contributed by atoms with Gasteiger partial charge in [-0.1, -0.05) is 29.8 Å². The normalized spacial score (nSPS) is 9.89. The van der Waals surface area contributed by atoms with Crippen LogP contribution in [0, 0.1) is 6.92 Å². The number of hydrogen-bond acceptors (Lipinski definition) is 4. The zero-order valence-electron chi connectivity index (χ0n) is 10.8. The molecule has 0 aliphatic heterocycles. The molecule has 1 aromatic rings. The lowest BCUT2D eigenvalue weighted by molar-refractivity contribution is -0.158. The maximum Gasteiger partial charge on any atom is 0.344 e. The van der Waals surface area contributed by atoms with Gasteiger partial charge in [0.1, 0.15) is 0 Å². The van der Waals surface area contributed by atoms with Crippen LogP contribution in [0.5, 0.6) is 0 Å². The Morgan fingerprint density at radius 3 is 2.61 bits per heavy atom. The van der Waals surface area contributed by atoms with E-state index >= 15 is 0 Å².